The van der Waals surface area contributed by atoms with Crippen LogP contribution >= 0.6 is 0 Å². The summed E-state index contributed by atoms with van der Waals surface area (Å²) in [5.41, 5.74) is 2.80. The van der Waals surface area contributed by atoms with Crippen LogP contribution in [0.5, 0.6) is 0 Å². The second-order valence-electron chi connectivity index (χ2n) is 9.15. The number of rotatable bonds is 4. The van der Waals surface area contributed by atoms with Crippen LogP contribution in [-0.4, -0.2) is 48.6 Å². The predicted octanol–water partition coefficient (Wildman–Crippen LogP) is 2.88. The van der Waals surface area contributed by atoms with Gasteiger partial charge in [0.1, 0.15) is 5.69 Å². The van der Waals surface area contributed by atoms with Crippen molar-refractivity contribution in [1.29, 1.82) is 0 Å². The van der Waals surface area contributed by atoms with Crippen LogP contribution in [0.15, 0.2) is 47.8 Å². The number of aromatic nitrogens is 5. The maximum atomic E-state index is 12.8. The van der Waals surface area contributed by atoms with Crippen molar-refractivity contribution >= 4 is 5.91 Å². The van der Waals surface area contributed by atoms with E-state index in [4.69, 9.17) is 0 Å². The quantitative estimate of drug-likeness (QED) is 0.700. The molecule has 8 heteroatoms. The van der Waals surface area contributed by atoms with Crippen molar-refractivity contribution in [2.45, 2.75) is 45.6 Å². The zero-order valence-electron chi connectivity index (χ0n) is 18.2. The van der Waals surface area contributed by atoms with E-state index in [-0.39, 0.29) is 16.9 Å². The summed E-state index contributed by atoms with van der Waals surface area (Å²) >= 11 is 0. The first kappa shape index (κ1) is 21.0. The minimum atomic E-state index is -0.0766. The number of nitrogens with zero attached hydrogens (tertiary/aromatic N) is 5. The number of aromatic amines is 1. The van der Waals surface area contributed by atoms with Gasteiger partial charge in [-0.1, -0.05) is 20.8 Å². The zero-order valence-corrected chi connectivity index (χ0v) is 18.2. The standard InChI is InChI=1S/C23H28N6O2/c1-23(2,3)20-12-19(26-27-20)22(31)28-10-6-16(7-11-28)14-29-15-25-18(13-21(29)30)17-4-8-24-9-5-17/h4-5,8-9,12-13,15-16H,6-7,10-11,14H2,1-3H3,(H,26,27). The summed E-state index contributed by atoms with van der Waals surface area (Å²) in [5.74, 6) is 0.297. The predicted molar refractivity (Wildman–Crippen MR) is 118 cm³/mol. The summed E-state index contributed by atoms with van der Waals surface area (Å²) in [6.45, 7) is 8.19. The highest BCUT2D eigenvalue weighted by atomic mass is 16.2. The molecule has 0 bridgehead atoms. The third kappa shape index (κ3) is 4.73. The number of nitrogens with one attached hydrogen (secondary N) is 1. The molecule has 1 amide bonds. The van der Waals surface area contributed by atoms with E-state index >= 15 is 0 Å². The summed E-state index contributed by atoms with van der Waals surface area (Å²) < 4.78 is 1.66. The number of carbonyl (C=O) groups is 1. The van der Waals surface area contributed by atoms with Crippen molar-refractivity contribution in [3.63, 3.8) is 0 Å². The largest absolute Gasteiger partial charge is 0.337 e. The minimum Gasteiger partial charge on any atom is -0.337 e. The Balaban J connectivity index is 1.36. The molecule has 4 rings (SSSR count). The van der Waals surface area contributed by atoms with Crippen molar-refractivity contribution in [1.82, 2.24) is 29.6 Å². The molecule has 1 fully saturated rings. The second kappa shape index (κ2) is 8.45. The first-order valence-electron chi connectivity index (χ1n) is 10.6. The fourth-order valence-corrected chi connectivity index (χ4v) is 3.82. The average Bonchev–Trinajstić information content (AvgIpc) is 3.27. The van der Waals surface area contributed by atoms with Crippen LogP contribution in [0.25, 0.3) is 11.3 Å². The highest BCUT2D eigenvalue weighted by Gasteiger charge is 2.27. The van der Waals surface area contributed by atoms with Crippen LogP contribution in [0, 0.1) is 5.92 Å². The normalized spacial score (nSPS) is 15.3. The van der Waals surface area contributed by atoms with E-state index in [2.05, 4.69) is 40.9 Å². The second-order valence-corrected chi connectivity index (χ2v) is 9.15. The summed E-state index contributed by atoms with van der Waals surface area (Å²) in [6, 6.07) is 7.09. The number of likely N-dealkylation sites (tertiary alicyclic amines) is 1. The van der Waals surface area contributed by atoms with Crippen molar-refractivity contribution in [2.75, 3.05) is 13.1 Å². The first-order chi connectivity index (χ1) is 14.8. The molecular formula is C23H28N6O2. The number of hydrogen-bond donors (Lipinski definition) is 1. The molecule has 1 saturated heterocycles. The Labute approximate surface area is 181 Å². The summed E-state index contributed by atoms with van der Waals surface area (Å²) in [4.78, 5) is 35.7. The van der Waals surface area contributed by atoms with Gasteiger partial charge in [-0.15, -0.1) is 0 Å². The van der Waals surface area contributed by atoms with Crippen molar-refractivity contribution < 1.29 is 4.79 Å². The molecule has 4 heterocycles. The van der Waals surface area contributed by atoms with E-state index in [0.717, 1.165) is 24.1 Å². The Kier molecular flexibility index (Phi) is 5.71. The van der Waals surface area contributed by atoms with E-state index in [1.165, 1.54) is 0 Å². The Hall–Kier alpha value is -3.29. The molecule has 0 aliphatic carbocycles. The van der Waals surface area contributed by atoms with E-state index in [9.17, 15) is 9.59 Å². The molecule has 0 unspecified atom stereocenters. The third-order valence-corrected chi connectivity index (χ3v) is 5.82. The third-order valence-electron chi connectivity index (χ3n) is 5.82. The lowest BCUT2D eigenvalue weighted by atomic mass is 9.92. The molecule has 1 aliphatic heterocycles. The smallest absolute Gasteiger partial charge is 0.274 e. The highest BCUT2D eigenvalue weighted by molar-refractivity contribution is 5.92. The van der Waals surface area contributed by atoms with Crippen LogP contribution in [0.1, 0.15) is 49.8 Å². The molecule has 0 spiro atoms. The molecule has 8 nitrogen and oxygen atoms in total. The number of piperidine rings is 1. The van der Waals surface area contributed by atoms with Gasteiger partial charge in [0.15, 0.2) is 0 Å². The summed E-state index contributed by atoms with van der Waals surface area (Å²) in [7, 11) is 0. The summed E-state index contributed by atoms with van der Waals surface area (Å²) in [5, 5.41) is 7.20. The van der Waals surface area contributed by atoms with Gasteiger partial charge in [0.25, 0.3) is 11.5 Å². The van der Waals surface area contributed by atoms with Gasteiger partial charge < -0.3 is 4.90 Å². The van der Waals surface area contributed by atoms with Gasteiger partial charge in [-0.25, -0.2) is 4.98 Å². The molecule has 1 aliphatic rings. The Bertz CT molecular complexity index is 1100. The molecule has 3 aromatic heterocycles. The monoisotopic (exact) mass is 420 g/mol. The van der Waals surface area contributed by atoms with Gasteiger partial charge in [0.05, 0.1) is 12.0 Å². The maximum Gasteiger partial charge on any atom is 0.274 e. The van der Waals surface area contributed by atoms with Crippen molar-refractivity contribution in [2.24, 2.45) is 5.92 Å². The Morgan fingerprint density at radius 2 is 1.87 bits per heavy atom. The molecule has 0 saturated carbocycles. The lowest BCUT2D eigenvalue weighted by Crippen LogP contribution is -2.40. The Morgan fingerprint density at radius 1 is 1.16 bits per heavy atom. The van der Waals surface area contributed by atoms with E-state index < -0.39 is 0 Å². The van der Waals surface area contributed by atoms with Gasteiger partial charge in [-0.2, -0.15) is 5.10 Å². The molecule has 0 aromatic carbocycles. The van der Waals surface area contributed by atoms with Crippen molar-refractivity contribution in [3.05, 3.63) is 64.7 Å². The molecule has 31 heavy (non-hydrogen) atoms. The first-order valence-corrected chi connectivity index (χ1v) is 10.6. The molecule has 3 aromatic rings. The lowest BCUT2D eigenvalue weighted by Gasteiger charge is -2.31. The van der Waals surface area contributed by atoms with Gasteiger partial charge >= 0.3 is 0 Å². The maximum absolute atomic E-state index is 12.8. The van der Waals surface area contributed by atoms with Crippen LogP contribution in [0.2, 0.25) is 0 Å². The molecule has 162 valence electrons. The SMILES string of the molecule is CC(C)(C)c1cc(C(=O)N2CCC(Cn3cnc(-c4ccncc4)cc3=O)CC2)n[nH]1. The van der Waals surface area contributed by atoms with Gasteiger partial charge in [0.2, 0.25) is 0 Å². The van der Waals surface area contributed by atoms with E-state index in [1.807, 2.05) is 23.1 Å². The number of amides is 1. The van der Waals surface area contributed by atoms with Crippen LogP contribution in [-0.2, 0) is 12.0 Å². The zero-order chi connectivity index (χ0) is 22.0. The van der Waals surface area contributed by atoms with Gasteiger partial charge in [-0.3, -0.25) is 24.2 Å². The van der Waals surface area contributed by atoms with Crippen LogP contribution in [0.3, 0.4) is 0 Å². The molecular weight excluding hydrogens is 392 g/mol. The number of pyridine rings is 1. The highest BCUT2D eigenvalue weighted by Crippen LogP contribution is 2.23. The fraction of sp³-hybridized carbons (Fsp3) is 0.435. The fourth-order valence-electron chi connectivity index (χ4n) is 3.82. The molecule has 1 N–H and O–H groups in total. The minimum absolute atomic E-state index is 0.0364. The lowest BCUT2D eigenvalue weighted by molar-refractivity contribution is 0.0676. The van der Waals surface area contributed by atoms with E-state index in [1.54, 1.807) is 29.4 Å². The van der Waals surface area contributed by atoms with Crippen molar-refractivity contribution in [3.8, 4) is 11.3 Å². The molecule has 0 atom stereocenters. The number of carbonyl (C=O) groups excluding carboxylic acids is 1. The van der Waals surface area contributed by atoms with Gasteiger partial charge in [-0.05, 0) is 37.0 Å². The molecule has 0 radical (unpaired) electrons. The number of H-pyrrole nitrogens is 1. The topological polar surface area (TPSA) is 96.8 Å². The van der Waals surface area contributed by atoms with Crippen LogP contribution in [0.4, 0.5) is 0 Å². The summed E-state index contributed by atoms with van der Waals surface area (Å²) in [6.07, 6.45) is 6.68. The Morgan fingerprint density at radius 3 is 2.48 bits per heavy atom. The van der Waals surface area contributed by atoms with Crippen LogP contribution < -0.4 is 5.56 Å². The van der Waals surface area contributed by atoms with Gasteiger partial charge in [0, 0.05) is 54.8 Å². The average molecular weight is 421 g/mol. The number of hydrogen-bond acceptors (Lipinski definition) is 5. The van der Waals surface area contributed by atoms with E-state index in [0.29, 0.717) is 36.9 Å².